The zero-order valence-corrected chi connectivity index (χ0v) is 13.0. The monoisotopic (exact) mass is 337 g/mol. The number of hydrogen-bond acceptors (Lipinski definition) is 4. The summed E-state index contributed by atoms with van der Waals surface area (Å²) in [6.45, 7) is 2.96. The minimum Gasteiger partial charge on any atom is -0.499 e. The number of aromatic hydroxyl groups is 1. The van der Waals surface area contributed by atoms with Crippen molar-refractivity contribution in [3.8, 4) is 5.06 Å². The Balaban J connectivity index is 3.42. The van der Waals surface area contributed by atoms with E-state index in [4.69, 9.17) is 0 Å². The minimum absolute atomic E-state index is 0.000556. The highest BCUT2D eigenvalue weighted by molar-refractivity contribution is 7.15. The summed E-state index contributed by atoms with van der Waals surface area (Å²) in [5, 5.41) is 9.26. The number of methoxy groups -OCH3 is 1. The molecule has 1 aromatic heterocycles. The third kappa shape index (κ3) is 4.59. The van der Waals surface area contributed by atoms with Gasteiger partial charge in [-0.3, -0.25) is 0 Å². The maximum absolute atomic E-state index is 13.8. The molecule has 1 aromatic rings. The fraction of sp³-hybridized carbons (Fsp3) is 0.357. The normalized spacial score (nSPS) is 14.9. The van der Waals surface area contributed by atoms with Gasteiger partial charge in [0, 0.05) is 0 Å². The third-order valence-corrected chi connectivity index (χ3v) is 3.53. The van der Waals surface area contributed by atoms with Crippen LogP contribution in [0.3, 0.4) is 0 Å². The van der Waals surface area contributed by atoms with Gasteiger partial charge in [-0.2, -0.15) is 13.2 Å². The molecule has 0 atom stereocenters. The van der Waals surface area contributed by atoms with Gasteiger partial charge in [0.2, 0.25) is 5.88 Å². The molecule has 1 heterocycles. The Labute approximate surface area is 129 Å². The van der Waals surface area contributed by atoms with Crippen molar-refractivity contribution >= 4 is 17.0 Å². The van der Waals surface area contributed by atoms with Crippen LogP contribution in [0, 0.1) is 0 Å². The minimum atomic E-state index is -4.94. The number of ether oxygens (including phenoxy) is 1. The highest BCUT2D eigenvalue weighted by Crippen LogP contribution is 2.36. The summed E-state index contributed by atoms with van der Waals surface area (Å²) in [6.07, 6.45) is -4.03. The number of halogens is 4. The largest absolute Gasteiger partial charge is 0.499 e. The summed E-state index contributed by atoms with van der Waals surface area (Å²) in [5.74, 6) is -2.29. The molecule has 22 heavy (non-hydrogen) atoms. The fourth-order valence-electron chi connectivity index (χ4n) is 1.57. The maximum Gasteiger partial charge on any atom is 0.424 e. The lowest BCUT2D eigenvalue weighted by atomic mass is 10.2. The van der Waals surface area contributed by atoms with Gasteiger partial charge in [0.05, 0.1) is 17.7 Å². The van der Waals surface area contributed by atoms with Crippen molar-refractivity contribution in [3.63, 3.8) is 0 Å². The molecule has 0 amide bonds. The van der Waals surface area contributed by atoms with Crippen LogP contribution in [0.25, 0.3) is 0 Å². The van der Waals surface area contributed by atoms with E-state index in [0.717, 1.165) is 24.5 Å². The quantitative estimate of drug-likeness (QED) is 0.358. The average molecular weight is 337 g/mol. The van der Waals surface area contributed by atoms with Gasteiger partial charge >= 0.3 is 6.18 Å². The van der Waals surface area contributed by atoms with Crippen molar-refractivity contribution in [2.75, 3.05) is 7.11 Å². The van der Waals surface area contributed by atoms with Gasteiger partial charge in [-0.1, -0.05) is 18.3 Å². The molecule has 0 aliphatic carbocycles. The van der Waals surface area contributed by atoms with Gasteiger partial charge in [0.15, 0.2) is 10.6 Å². The SMILES string of the molecule is CC/C=C(F)/C(=C(\N=C(/C)c1ccc(O)s1)OC)C(F)(F)F. The average Bonchev–Trinajstić information content (AvgIpc) is 2.83. The van der Waals surface area contributed by atoms with Gasteiger partial charge in [-0.25, -0.2) is 9.38 Å². The van der Waals surface area contributed by atoms with Crippen molar-refractivity contribution in [1.82, 2.24) is 0 Å². The number of nitrogens with zero attached hydrogens (tertiary/aromatic N) is 1. The molecule has 1 N–H and O–H groups in total. The molecule has 122 valence electrons. The summed E-state index contributed by atoms with van der Waals surface area (Å²) < 4.78 is 57.6. The Morgan fingerprint density at radius 2 is 2.05 bits per heavy atom. The highest BCUT2D eigenvalue weighted by Gasteiger charge is 2.40. The van der Waals surface area contributed by atoms with E-state index in [1.165, 1.54) is 26.0 Å². The molecule has 0 unspecified atom stereocenters. The topological polar surface area (TPSA) is 41.8 Å². The molecule has 0 saturated carbocycles. The van der Waals surface area contributed by atoms with Crippen LogP contribution in [0.2, 0.25) is 0 Å². The first kappa shape index (κ1) is 18.2. The Bertz CT molecular complexity index is 615. The molecule has 0 spiro atoms. The Hall–Kier alpha value is -1.83. The van der Waals surface area contributed by atoms with Gasteiger partial charge in [-0.15, -0.1) is 0 Å². The van der Waals surface area contributed by atoms with Gasteiger partial charge < -0.3 is 9.84 Å². The fourth-order valence-corrected chi connectivity index (χ4v) is 2.26. The molecule has 0 radical (unpaired) electrons. The predicted molar refractivity (Wildman–Crippen MR) is 77.8 cm³/mol. The molecule has 3 nitrogen and oxygen atoms in total. The van der Waals surface area contributed by atoms with Crippen LogP contribution in [0.5, 0.6) is 5.06 Å². The van der Waals surface area contributed by atoms with Crippen LogP contribution in [-0.2, 0) is 4.74 Å². The lowest BCUT2D eigenvalue weighted by Gasteiger charge is -2.13. The zero-order valence-electron chi connectivity index (χ0n) is 12.2. The van der Waals surface area contributed by atoms with Crippen molar-refractivity contribution < 1.29 is 27.4 Å². The van der Waals surface area contributed by atoms with E-state index in [0.29, 0.717) is 4.88 Å². The second-order valence-electron chi connectivity index (χ2n) is 4.18. The van der Waals surface area contributed by atoms with E-state index in [1.54, 1.807) is 0 Å². The van der Waals surface area contributed by atoms with Crippen molar-refractivity contribution in [2.45, 2.75) is 26.4 Å². The molecule has 8 heteroatoms. The second-order valence-corrected chi connectivity index (χ2v) is 5.24. The summed E-state index contributed by atoms with van der Waals surface area (Å²) in [7, 11) is 0.989. The molecule has 0 fully saturated rings. The van der Waals surface area contributed by atoms with E-state index in [1.807, 2.05) is 0 Å². The van der Waals surface area contributed by atoms with Crippen molar-refractivity contribution in [2.24, 2.45) is 4.99 Å². The number of aliphatic imine (C=N–C) groups is 1. The lowest BCUT2D eigenvalue weighted by Crippen LogP contribution is -2.16. The predicted octanol–water partition coefficient (Wildman–Crippen LogP) is 4.95. The van der Waals surface area contributed by atoms with Crippen molar-refractivity contribution in [3.05, 3.63) is 40.4 Å². The molecular weight excluding hydrogens is 322 g/mol. The Kier molecular flexibility index (Phi) is 6.16. The lowest BCUT2D eigenvalue weighted by molar-refractivity contribution is -0.0944. The third-order valence-electron chi connectivity index (χ3n) is 2.53. The molecular formula is C14H15F4NO2S. The van der Waals surface area contributed by atoms with Crippen LogP contribution in [-0.4, -0.2) is 24.1 Å². The standard InChI is InChI=1S/C14H15F4NO2S/c1-4-5-9(15)12(14(16,17)18)13(21-3)19-8(2)10-6-7-11(20)22-10/h5-7,20H,4H2,1-3H3/b9-5-,13-12-,19-8+. The number of rotatable bonds is 5. The van der Waals surface area contributed by atoms with Gasteiger partial charge in [-0.05, 0) is 31.6 Å². The smallest absolute Gasteiger partial charge is 0.424 e. The van der Waals surface area contributed by atoms with Crippen molar-refractivity contribution in [1.29, 1.82) is 0 Å². The van der Waals surface area contributed by atoms with E-state index in [-0.39, 0.29) is 17.2 Å². The number of alkyl halides is 3. The van der Waals surface area contributed by atoms with Crippen LogP contribution < -0.4 is 0 Å². The van der Waals surface area contributed by atoms with Crippen LogP contribution in [0.4, 0.5) is 17.6 Å². The number of hydrogen-bond donors (Lipinski definition) is 1. The molecule has 0 aliphatic rings. The van der Waals surface area contributed by atoms with E-state index in [9.17, 15) is 22.7 Å². The second kappa shape index (κ2) is 7.44. The Morgan fingerprint density at radius 3 is 2.45 bits per heavy atom. The molecule has 0 saturated heterocycles. The van der Waals surface area contributed by atoms with Crippen LogP contribution >= 0.6 is 11.3 Å². The van der Waals surface area contributed by atoms with E-state index < -0.39 is 23.5 Å². The Morgan fingerprint density at radius 1 is 1.41 bits per heavy atom. The molecule has 1 rings (SSSR count). The van der Waals surface area contributed by atoms with E-state index >= 15 is 0 Å². The van der Waals surface area contributed by atoms with Gasteiger partial charge in [0.25, 0.3) is 0 Å². The van der Waals surface area contributed by atoms with Crippen LogP contribution in [0.15, 0.2) is 40.5 Å². The molecule has 0 bridgehead atoms. The van der Waals surface area contributed by atoms with E-state index in [2.05, 4.69) is 9.73 Å². The first-order chi connectivity index (χ1) is 10.2. The summed E-state index contributed by atoms with van der Waals surface area (Å²) >= 11 is 0.943. The van der Waals surface area contributed by atoms with Crippen LogP contribution in [0.1, 0.15) is 25.1 Å². The zero-order chi connectivity index (χ0) is 16.9. The summed E-state index contributed by atoms with van der Waals surface area (Å²) in [5.41, 5.74) is -1.38. The van der Waals surface area contributed by atoms with Gasteiger partial charge in [0.1, 0.15) is 5.83 Å². The number of allylic oxidation sites excluding steroid dienone is 3. The number of thiophene rings is 1. The molecule has 0 aromatic carbocycles. The first-order valence-corrected chi connectivity index (χ1v) is 7.08. The summed E-state index contributed by atoms with van der Waals surface area (Å²) in [6, 6.07) is 2.88. The summed E-state index contributed by atoms with van der Waals surface area (Å²) in [4.78, 5) is 4.17. The molecule has 0 aliphatic heterocycles. The highest BCUT2D eigenvalue weighted by atomic mass is 32.1. The first-order valence-electron chi connectivity index (χ1n) is 6.26. The maximum atomic E-state index is 13.8.